The van der Waals surface area contributed by atoms with Gasteiger partial charge >= 0.3 is 0 Å². The number of hydrogen-bond donors (Lipinski definition) is 1. The van der Waals surface area contributed by atoms with Crippen LogP contribution in [0.4, 0.5) is 0 Å². The molecule has 0 aliphatic rings. The van der Waals surface area contributed by atoms with Crippen LogP contribution in [-0.4, -0.2) is 15.2 Å². The van der Waals surface area contributed by atoms with Crippen molar-refractivity contribution >= 4 is 0 Å². The zero-order chi connectivity index (χ0) is 13.0. The standard InChI is InChI=1S/C14H18N4/c1-3-14-12(8-10(2)17-18-14)13(15)9-11-4-6-16-7-5-11/h4-8,13H,3,9,15H2,1-2H3. The highest BCUT2D eigenvalue weighted by atomic mass is 15.1. The Morgan fingerprint density at radius 2 is 1.94 bits per heavy atom. The summed E-state index contributed by atoms with van der Waals surface area (Å²) in [5.41, 5.74) is 10.5. The van der Waals surface area contributed by atoms with E-state index < -0.39 is 0 Å². The van der Waals surface area contributed by atoms with Gasteiger partial charge in [-0.2, -0.15) is 10.2 Å². The normalized spacial score (nSPS) is 12.4. The fourth-order valence-electron chi connectivity index (χ4n) is 2.01. The lowest BCUT2D eigenvalue weighted by molar-refractivity contribution is 0.691. The number of pyridine rings is 1. The molecule has 0 aliphatic carbocycles. The second kappa shape index (κ2) is 5.69. The Kier molecular flexibility index (Phi) is 3.99. The molecule has 0 saturated carbocycles. The van der Waals surface area contributed by atoms with E-state index >= 15 is 0 Å². The number of hydrogen-bond acceptors (Lipinski definition) is 4. The molecule has 1 unspecified atom stereocenters. The van der Waals surface area contributed by atoms with Crippen molar-refractivity contribution in [3.05, 3.63) is 53.1 Å². The molecule has 1 atom stereocenters. The molecule has 0 fully saturated rings. The van der Waals surface area contributed by atoms with Crippen molar-refractivity contribution in [1.82, 2.24) is 15.2 Å². The minimum Gasteiger partial charge on any atom is -0.324 e. The van der Waals surface area contributed by atoms with E-state index in [9.17, 15) is 0 Å². The van der Waals surface area contributed by atoms with Gasteiger partial charge in [0.25, 0.3) is 0 Å². The summed E-state index contributed by atoms with van der Waals surface area (Å²) < 4.78 is 0. The van der Waals surface area contributed by atoms with Crippen molar-refractivity contribution < 1.29 is 0 Å². The van der Waals surface area contributed by atoms with Crippen LogP contribution in [0.2, 0.25) is 0 Å². The molecular formula is C14H18N4. The Morgan fingerprint density at radius 3 is 2.61 bits per heavy atom. The molecule has 0 aromatic carbocycles. The summed E-state index contributed by atoms with van der Waals surface area (Å²) in [6.07, 6.45) is 5.23. The van der Waals surface area contributed by atoms with Crippen LogP contribution in [0.25, 0.3) is 0 Å². The second-order valence-electron chi connectivity index (χ2n) is 4.41. The summed E-state index contributed by atoms with van der Waals surface area (Å²) >= 11 is 0. The van der Waals surface area contributed by atoms with Gasteiger partial charge in [-0.25, -0.2) is 0 Å². The SMILES string of the molecule is CCc1nnc(C)cc1C(N)Cc1ccncc1. The largest absolute Gasteiger partial charge is 0.324 e. The molecule has 2 aromatic rings. The van der Waals surface area contributed by atoms with E-state index in [0.717, 1.165) is 29.8 Å². The van der Waals surface area contributed by atoms with Crippen LogP contribution in [0, 0.1) is 6.92 Å². The lowest BCUT2D eigenvalue weighted by atomic mass is 9.98. The van der Waals surface area contributed by atoms with Crippen molar-refractivity contribution in [3.8, 4) is 0 Å². The first-order valence-corrected chi connectivity index (χ1v) is 6.18. The van der Waals surface area contributed by atoms with Crippen LogP contribution < -0.4 is 5.73 Å². The summed E-state index contributed by atoms with van der Waals surface area (Å²) in [5, 5.41) is 8.30. The molecule has 4 heteroatoms. The zero-order valence-corrected chi connectivity index (χ0v) is 10.8. The average Bonchev–Trinajstić information content (AvgIpc) is 2.40. The Morgan fingerprint density at radius 1 is 1.22 bits per heavy atom. The van der Waals surface area contributed by atoms with E-state index in [1.807, 2.05) is 25.1 Å². The second-order valence-corrected chi connectivity index (χ2v) is 4.41. The molecule has 2 N–H and O–H groups in total. The maximum atomic E-state index is 6.28. The van der Waals surface area contributed by atoms with Gasteiger partial charge < -0.3 is 5.73 Å². The maximum absolute atomic E-state index is 6.28. The van der Waals surface area contributed by atoms with Crippen molar-refractivity contribution in [3.63, 3.8) is 0 Å². The lowest BCUT2D eigenvalue weighted by Gasteiger charge is -2.15. The molecule has 2 heterocycles. The predicted molar refractivity (Wildman–Crippen MR) is 71.0 cm³/mol. The Hall–Kier alpha value is -1.81. The molecule has 2 aromatic heterocycles. The third-order valence-corrected chi connectivity index (χ3v) is 2.97. The molecule has 0 spiro atoms. The molecular weight excluding hydrogens is 224 g/mol. The Bertz CT molecular complexity index is 510. The predicted octanol–water partition coefficient (Wildman–Crippen LogP) is 1.98. The monoisotopic (exact) mass is 242 g/mol. The van der Waals surface area contributed by atoms with Crippen LogP contribution in [0.3, 0.4) is 0 Å². The van der Waals surface area contributed by atoms with E-state index in [4.69, 9.17) is 5.73 Å². The molecule has 18 heavy (non-hydrogen) atoms. The molecule has 0 radical (unpaired) electrons. The number of aryl methyl sites for hydroxylation is 2. The fraction of sp³-hybridized carbons (Fsp3) is 0.357. The van der Waals surface area contributed by atoms with Gasteiger partial charge in [-0.3, -0.25) is 4.98 Å². The summed E-state index contributed by atoms with van der Waals surface area (Å²) in [6.45, 7) is 4.01. The van der Waals surface area contributed by atoms with Crippen LogP contribution in [0.1, 0.15) is 35.5 Å². The molecule has 2 rings (SSSR count). The topological polar surface area (TPSA) is 64.7 Å². The molecule has 0 amide bonds. The highest BCUT2D eigenvalue weighted by Crippen LogP contribution is 2.19. The van der Waals surface area contributed by atoms with Crippen LogP contribution in [-0.2, 0) is 12.8 Å². The van der Waals surface area contributed by atoms with E-state index in [0.29, 0.717) is 0 Å². The Labute approximate surface area is 107 Å². The van der Waals surface area contributed by atoms with Crippen LogP contribution >= 0.6 is 0 Å². The third kappa shape index (κ3) is 2.90. The van der Waals surface area contributed by atoms with E-state index in [-0.39, 0.29) is 6.04 Å². The van der Waals surface area contributed by atoms with Gasteiger partial charge in [0.2, 0.25) is 0 Å². The van der Waals surface area contributed by atoms with Crippen molar-refractivity contribution in [1.29, 1.82) is 0 Å². The van der Waals surface area contributed by atoms with Crippen LogP contribution in [0.15, 0.2) is 30.6 Å². The van der Waals surface area contributed by atoms with E-state index in [1.165, 1.54) is 5.56 Å². The first-order chi connectivity index (χ1) is 8.70. The summed E-state index contributed by atoms with van der Waals surface area (Å²) in [4.78, 5) is 4.01. The van der Waals surface area contributed by atoms with E-state index in [2.05, 4.69) is 22.1 Å². The first-order valence-electron chi connectivity index (χ1n) is 6.18. The molecule has 0 saturated heterocycles. The molecule has 4 nitrogen and oxygen atoms in total. The minimum atomic E-state index is -0.0449. The van der Waals surface area contributed by atoms with Gasteiger partial charge in [0.15, 0.2) is 0 Å². The zero-order valence-electron chi connectivity index (χ0n) is 10.8. The van der Waals surface area contributed by atoms with Crippen molar-refractivity contribution in [2.75, 3.05) is 0 Å². The maximum Gasteiger partial charge on any atom is 0.0676 e. The number of nitrogens with zero attached hydrogens (tertiary/aromatic N) is 3. The highest BCUT2D eigenvalue weighted by molar-refractivity contribution is 5.26. The molecule has 0 aliphatic heterocycles. The quantitative estimate of drug-likeness (QED) is 0.890. The number of aromatic nitrogens is 3. The van der Waals surface area contributed by atoms with Crippen molar-refractivity contribution in [2.24, 2.45) is 5.73 Å². The van der Waals surface area contributed by atoms with Crippen LogP contribution in [0.5, 0.6) is 0 Å². The highest BCUT2D eigenvalue weighted by Gasteiger charge is 2.13. The first kappa shape index (κ1) is 12.6. The van der Waals surface area contributed by atoms with Gasteiger partial charge in [-0.1, -0.05) is 6.92 Å². The minimum absolute atomic E-state index is 0.0449. The summed E-state index contributed by atoms with van der Waals surface area (Å²) in [5.74, 6) is 0. The molecule has 0 bridgehead atoms. The Balaban J connectivity index is 2.23. The fourth-order valence-corrected chi connectivity index (χ4v) is 2.01. The number of nitrogens with two attached hydrogens (primary N) is 1. The van der Waals surface area contributed by atoms with Gasteiger partial charge in [0.05, 0.1) is 11.4 Å². The molecule has 94 valence electrons. The van der Waals surface area contributed by atoms with Gasteiger partial charge in [-0.15, -0.1) is 0 Å². The lowest BCUT2D eigenvalue weighted by Crippen LogP contribution is -2.17. The summed E-state index contributed by atoms with van der Waals surface area (Å²) in [6, 6.07) is 5.98. The van der Waals surface area contributed by atoms with Gasteiger partial charge in [-0.05, 0) is 49.1 Å². The average molecular weight is 242 g/mol. The number of rotatable bonds is 4. The van der Waals surface area contributed by atoms with Crippen molar-refractivity contribution in [2.45, 2.75) is 32.7 Å². The third-order valence-electron chi connectivity index (χ3n) is 2.97. The van der Waals surface area contributed by atoms with Gasteiger partial charge in [0, 0.05) is 18.4 Å². The smallest absolute Gasteiger partial charge is 0.0676 e. The van der Waals surface area contributed by atoms with Gasteiger partial charge in [0.1, 0.15) is 0 Å². The van der Waals surface area contributed by atoms with E-state index in [1.54, 1.807) is 12.4 Å². The summed E-state index contributed by atoms with van der Waals surface area (Å²) in [7, 11) is 0.